The van der Waals surface area contributed by atoms with Crippen molar-refractivity contribution in [3.8, 4) is 44.5 Å². The third-order valence-corrected chi connectivity index (χ3v) is 9.97. The van der Waals surface area contributed by atoms with Gasteiger partial charge in [-0.1, -0.05) is 115 Å². The van der Waals surface area contributed by atoms with Crippen LogP contribution in [0.1, 0.15) is 0 Å². The highest BCUT2D eigenvalue weighted by atomic mass is 16.3. The van der Waals surface area contributed by atoms with Gasteiger partial charge in [-0.15, -0.1) is 0 Å². The van der Waals surface area contributed by atoms with E-state index in [0.29, 0.717) is 0 Å². The van der Waals surface area contributed by atoms with Crippen molar-refractivity contribution < 1.29 is 13.3 Å². The van der Waals surface area contributed by atoms with Crippen molar-refractivity contribution in [3.63, 3.8) is 0 Å². The fraction of sp³-hybridized carbons (Fsp3) is 0. The molecule has 0 atom stereocenters. The molecule has 0 radical (unpaired) electrons. The number of para-hydroxylation sites is 3. The Labute approximate surface area is 300 Å². The van der Waals surface area contributed by atoms with E-state index < -0.39 is 0 Å². The molecule has 4 nitrogen and oxygen atoms in total. The highest BCUT2D eigenvalue weighted by Gasteiger charge is 2.16. The zero-order chi connectivity index (χ0) is 34.4. The Morgan fingerprint density at radius 1 is 0.269 bits per heavy atom. The first-order valence-corrected chi connectivity index (χ1v) is 17.4. The van der Waals surface area contributed by atoms with Crippen molar-refractivity contribution in [1.29, 1.82) is 0 Å². The summed E-state index contributed by atoms with van der Waals surface area (Å²) in [5.41, 5.74) is 14.8. The molecule has 0 bridgehead atoms. The minimum Gasteiger partial charge on any atom is -0.464 e. The predicted molar refractivity (Wildman–Crippen MR) is 212 cm³/mol. The largest absolute Gasteiger partial charge is 0.464 e. The van der Waals surface area contributed by atoms with E-state index in [0.717, 1.165) is 94.5 Å². The Morgan fingerprint density at radius 3 is 0.885 bits per heavy atom. The average Bonchev–Trinajstić information content (AvgIpc) is 3.97. The standard InChI is InChI=1S/C48H31NO3/c1-4-10-46-40(7-1)43(29-50-46)34-15-13-32(14-16-34)33-17-23-37(24-18-33)49(38-25-19-35(20-26-38)44-30-51-47-11-5-2-8-41(44)47)39-27-21-36(22-28-39)45-31-52-48-12-6-3-9-42(45)48/h1-31H. The number of anilines is 3. The second kappa shape index (κ2) is 12.4. The Hall–Kier alpha value is -7.04. The Bertz CT molecular complexity index is 2700. The van der Waals surface area contributed by atoms with Crippen LogP contribution in [0.4, 0.5) is 17.1 Å². The van der Waals surface area contributed by atoms with Gasteiger partial charge in [0.15, 0.2) is 0 Å². The monoisotopic (exact) mass is 669 g/mol. The average molecular weight is 670 g/mol. The van der Waals surface area contributed by atoms with Crippen LogP contribution >= 0.6 is 0 Å². The lowest BCUT2D eigenvalue weighted by molar-refractivity contribution is 0.616. The quantitative estimate of drug-likeness (QED) is 0.169. The van der Waals surface area contributed by atoms with Crippen molar-refractivity contribution in [2.45, 2.75) is 0 Å². The van der Waals surface area contributed by atoms with E-state index in [2.05, 4.69) is 120 Å². The Balaban J connectivity index is 0.997. The van der Waals surface area contributed by atoms with Crippen molar-refractivity contribution in [3.05, 3.63) is 189 Å². The number of hydrogen-bond acceptors (Lipinski definition) is 4. The Morgan fingerprint density at radius 2 is 0.538 bits per heavy atom. The molecule has 0 aliphatic rings. The first-order valence-electron chi connectivity index (χ1n) is 17.4. The summed E-state index contributed by atoms with van der Waals surface area (Å²) in [5.74, 6) is 0. The minimum absolute atomic E-state index is 0.887. The van der Waals surface area contributed by atoms with Gasteiger partial charge in [0.1, 0.15) is 16.7 Å². The number of rotatable bonds is 7. The second-order valence-corrected chi connectivity index (χ2v) is 13.0. The summed E-state index contributed by atoms with van der Waals surface area (Å²) in [6.45, 7) is 0. The molecule has 0 aliphatic heterocycles. The molecule has 246 valence electrons. The fourth-order valence-electron chi connectivity index (χ4n) is 7.28. The van der Waals surface area contributed by atoms with Gasteiger partial charge in [0.2, 0.25) is 0 Å². The van der Waals surface area contributed by atoms with E-state index in [1.165, 1.54) is 0 Å². The van der Waals surface area contributed by atoms with Gasteiger partial charge in [-0.2, -0.15) is 0 Å². The first-order chi connectivity index (χ1) is 25.8. The van der Waals surface area contributed by atoms with Crippen LogP contribution in [-0.4, -0.2) is 0 Å². The topological polar surface area (TPSA) is 42.7 Å². The summed E-state index contributed by atoms with van der Waals surface area (Å²) >= 11 is 0. The fourth-order valence-corrected chi connectivity index (χ4v) is 7.28. The van der Waals surface area contributed by atoms with E-state index >= 15 is 0 Å². The maximum absolute atomic E-state index is 5.86. The molecule has 0 saturated carbocycles. The van der Waals surface area contributed by atoms with Crippen molar-refractivity contribution >= 4 is 50.0 Å². The first kappa shape index (κ1) is 29.8. The molecule has 0 spiro atoms. The normalized spacial score (nSPS) is 11.5. The number of nitrogens with zero attached hydrogens (tertiary/aromatic N) is 1. The van der Waals surface area contributed by atoms with Gasteiger partial charge < -0.3 is 18.2 Å². The van der Waals surface area contributed by atoms with Crippen LogP contribution in [-0.2, 0) is 0 Å². The number of benzene rings is 7. The van der Waals surface area contributed by atoms with Gasteiger partial charge in [-0.25, -0.2) is 0 Å². The minimum atomic E-state index is 0.887. The third-order valence-electron chi connectivity index (χ3n) is 9.97. The molecule has 10 rings (SSSR count). The number of hydrogen-bond donors (Lipinski definition) is 0. The molecule has 4 heteroatoms. The van der Waals surface area contributed by atoms with Gasteiger partial charge >= 0.3 is 0 Å². The molecular formula is C48H31NO3. The summed E-state index contributed by atoms with van der Waals surface area (Å²) in [6, 6.07) is 59.4. The molecule has 3 heterocycles. The van der Waals surface area contributed by atoms with Crippen LogP contribution < -0.4 is 4.90 Å². The lowest BCUT2D eigenvalue weighted by Gasteiger charge is -2.26. The molecule has 0 unspecified atom stereocenters. The Kier molecular flexibility index (Phi) is 7.10. The van der Waals surface area contributed by atoms with Gasteiger partial charge in [-0.05, 0) is 82.4 Å². The maximum Gasteiger partial charge on any atom is 0.134 e. The van der Waals surface area contributed by atoms with E-state index in [9.17, 15) is 0 Å². The smallest absolute Gasteiger partial charge is 0.134 e. The van der Waals surface area contributed by atoms with E-state index in [-0.39, 0.29) is 0 Å². The molecule has 52 heavy (non-hydrogen) atoms. The molecule has 7 aromatic carbocycles. The zero-order valence-electron chi connectivity index (χ0n) is 28.1. The van der Waals surface area contributed by atoms with Crippen molar-refractivity contribution in [1.82, 2.24) is 0 Å². The maximum atomic E-state index is 5.86. The molecule has 0 N–H and O–H groups in total. The van der Waals surface area contributed by atoms with Crippen LogP contribution in [0.3, 0.4) is 0 Å². The van der Waals surface area contributed by atoms with Crippen LogP contribution in [0.5, 0.6) is 0 Å². The predicted octanol–water partition coefficient (Wildman–Crippen LogP) is 14.1. The number of furan rings is 3. The molecule has 0 amide bonds. The van der Waals surface area contributed by atoms with Gasteiger partial charge in [0, 0.05) is 49.9 Å². The van der Waals surface area contributed by atoms with Crippen molar-refractivity contribution in [2.75, 3.05) is 4.90 Å². The summed E-state index contributed by atoms with van der Waals surface area (Å²) in [7, 11) is 0. The molecule has 0 fully saturated rings. The highest BCUT2D eigenvalue weighted by Crippen LogP contribution is 2.40. The van der Waals surface area contributed by atoms with E-state index in [1.54, 1.807) is 0 Å². The van der Waals surface area contributed by atoms with Gasteiger partial charge in [0.05, 0.1) is 18.8 Å². The van der Waals surface area contributed by atoms with E-state index in [4.69, 9.17) is 13.3 Å². The van der Waals surface area contributed by atoms with Crippen LogP contribution in [0.25, 0.3) is 77.4 Å². The number of fused-ring (bicyclic) bond motifs is 3. The summed E-state index contributed by atoms with van der Waals surface area (Å²) < 4.78 is 17.5. The van der Waals surface area contributed by atoms with Crippen LogP contribution in [0.2, 0.25) is 0 Å². The van der Waals surface area contributed by atoms with Crippen LogP contribution in [0.15, 0.2) is 202 Å². The third kappa shape index (κ3) is 5.17. The summed E-state index contributed by atoms with van der Waals surface area (Å²) in [6.07, 6.45) is 5.54. The van der Waals surface area contributed by atoms with Gasteiger partial charge in [-0.3, -0.25) is 0 Å². The lowest BCUT2D eigenvalue weighted by atomic mass is 9.99. The molecular weight excluding hydrogens is 639 g/mol. The summed E-state index contributed by atoms with van der Waals surface area (Å²) in [5, 5.41) is 3.34. The molecule has 0 saturated heterocycles. The summed E-state index contributed by atoms with van der Waals surface area (Å²) in [4.78, 5) is 2.30. The lowest BCUT2D eigenvalue weighted by Crippen LogP contribution is -2.09. The molecule has 0 aliphatic carbocycles. The van der Waals surface area contributed by atoms with Gasteiger partial charge in [0.25, 0.3) is 0 Å². The van der Waals surface area contributed by atoms with Crippen molar-refractivity contribution in [2.24, 2.45) is 0 Å². The molecule has 10 aromatic rings. The van der Waals surface area contributed by atoms with Crippen LogP contribution in [0, 0.1) is 0 Å². The zero-order valence-corrected chi connectivity index (χ0v) is 28.1. The van der Waals surface area contributed by atoms with E-state index in [1.807, 2.05) is 73.4 Å². The highest BCUT2D eigenvalue weighted by molar-refractivity contribution is 5.96. The SMILES string of the molecule is c1ccc2c(-c3ccc(-c4ccc(N(c5ccc(-c6coc7ccccc67)cc5)c5ccc(-c6coc7ccccc67)cc5)cc4)cc3)coc2c1. The molecule has 3 aromatic heterocycles. The second-order valence-electron chi connectivity index (χ2n) is 13.0.